The van der Waals surface area contributed by atoms with Crippen molar-refractivity contribution in [3.05, 3.63) is 65.2 Å². The predicted molar refractivity (Wildman–Crippen MR) is 105 cm³/mol. The summed E-state index contributed by atoms with van der Waals surface area (Å²) in [5.41, 5.74) is 2.24. The van der Waals surface area contributed by atoms with Gasteiger partial charge in [0.25, 0.3) is 5.91 Å². The summed E-state index contributed by atoms with van der Waals surface area (Å²) in [4.78, 5) is 27.2. The third-order valence-corrected chi connectivity index (χ3v) is 6.73. The average molecular weight is 401 g/mol. The Hall–Kier alpha value is -2.71. The van der Waals surface area contributed by atoms with Crippen LogP contribution in [0.3, 0.4) is 0 Å². The van der Waals surface area contributed by atoms with Gasteiger partial charge in [-0.25, -0.2) is 12.7 Å². The van der Waals surface area contributed by atoms with E-state index in [9.17, 15) is 18.0 Å². The van der Waals surface area contributed by atoms with Crippen molar-refractivity contribution in [1.82, 2.24) is 14.5 Å². The van der Waals surface area contributed by atoms with Gasteiger partial charge in [0.1, 0.15) is 6.04 Å². The van der Waals surface area contributed by atoms with Crippen LogP contribution >= 0.6 is 0 Å². The van der Waals surface area contributed by atoms with Crippen LogP contribution in [0.2, 0.25) is 0 Å². The average Bonchev–Trinajstić information content (AvgIpc) is 2.71. The second kappa shape index (κ2) is 7.73. The fourth-order valence-electron chi connectivity index (χ4n) is 3.30. The second-order valence-electron chi connectivity index (χ2n) is 6.85. The summed E-state index contributed by atoms with van der Waals surface area (Å²) in [7, 11) is 0.749. The van der Waals surface area contributed by atoms with Gasteiger partial charge in [0.2, 0.25) is 15.9 Å². The van der Waals surface area contributed by atoms with E-state index in [-0.39, 0.29) is 28.8 Å². The number of rotatable bonds is 4. The topological polar surface area (TPSA) is 86.8 Å². The monoisotopic (exact) mass is 401 g/mol. The van der Waals surface area contributed by atoms with Crippen molar-refractivity contribution in [3.8, 4) is 0 Å². The Morgan fingerprint density at radius 2 is 1.75 bits per heavy atom. The van der Waals surface area contributed by atoms with Gasteiger partial charge in [-0.3, -0.25) is 9.59 Å². The highest BCUT2D eigenvalue weighted by Crippen LogP contribution is 2.26. The van der Waals surface area contributed by atoms with Crippen molar-refractivity contribution in [2.45, 2.75) is 23.9 Å². The lowest BCUT2D eigenvalue weighted by Gasteiger charge is -2.36. The van der Waals surface area contributed by atoms with Gasteiger partial charge < -0.3 is 10.2 Å². The maximum Gasteiger partial charge on any atom is 0.254 e. The number of nitrogens with zero attached hydrogens (tertiary/aromatic N) is 2. The molecule has 3 rings (SSSR count). The van der Waals surface area contributed by atoms with Gasteiger partial charge in [-0.1, -0.05) is 30.3 Å². The molecule has 0 fully saturated rings. The summed E-state index contributed by atoms with van der Waals surface area (Å²) in [5.74, 6) is -0.626. The molecule has 0 unspecified atom stereocenters. The van der Waals surface area contributed by atoms with Crippen molar-refractivity contribution in [3.63, 3.8) is 0 Å². The largest absolute Gasteiger partial charge is 0.357 e. The molecule has 1 heterocycles. The molecule has 2 aromatic rings. The molecule has 0 saturated carbocycles. The van der Waals surface area contributed by atoms with Crippen LogP contribution in [-0.4, -0.2) is 56.6 Å². The minimum atomic E-state index is -3.66. The molecule has 0 aliphatic carbocycles. The van der Waals surface area contributed by atoms with E-state index >= 15 is 0 Å². The van der Waals surface area contributed by atoms with E-state index in [1.54, 1.807) is 6.07 Å². The van der Waals surface area contributed by atoms with Crippen LogP contribution in [0.1, 0.15) is 21.5 Å². The zero-order valence-corrected chi connectivity index (χ0v) is 16.9. The molecule has 0 aromatic heterocycles. The molecule has 148 valence electrons. The van der Waals surface area contributed by atoms with Crippen LogP contribution in [0.25, 0.3) is 0 Å². The number of nitrogens with one attached hydrogen (secondary N) is 1. The van der Waals surface area contributed by atoms with Gasteiger partial charge >= 0.3 is 0 Å². The van der Waals surface area contributed by atoms with Gasteiger partial charge in [-0.15, -0.1) is 0 Å². The first-order chi connectivity index (χ1) is 13.3. The van der Waals surface area contributed by atoms with Crippen molar-refractivity contribution in [1.29, 1.82) is 0 Å². The number of carbonyl (C=O) groups excluding carboxylic acids is 2. The minimum absolute atomic E-state index is 0.0391. The molecule has 2 aromatic carbocycles. The standard InChI is InChI=1S/C20H23N3O4S/c1-21-19(24)18-12-14-7-4-5-8-16(14)13-23(18)20(25)15-9-6-10-17(11-15)28(26,27)22(2)3/h4-11,18H,12-13H2,1-3H3,(H,21,24)/t18-/m0/s1. The Labute approximate surface area is 165 Å². The predicted octanol–water partition coefficient (Wildman–Crippen LogP) is 1.25. The van der Waals surface area contributed by atoms with Crippen LogP contribution in [0.15, 0.2) is 53.4 Å². The van der Waals surface area contributed by atoms with Crippen LogP contribution in [-0.2, 0) is 27.8 Å². The van der Waals surface area contributed by atoms with Crippen molar-refractivity contribution < 1.29 is 18.0 Å². The first-order valence-corrected chi connectivity index (χ1v) is 10.3. The molecule has 2 amide bonds. The summed E-state index contributed by atoms with van der Waals surface area (Å²) in [6.07, 6.45) is 0.414. The molecule has 28 heavy (non-hydrogen) atoms. The van der Waals surface area contributed by atoms with Gasteiger partial charge in [-0.2, -0.15) is 0 Å². The van der Waals surface area contributed by atoms with E-state index < -0.39 is 16.1 Å². The number of sulfonamides is 1. The van der Waals surface area contributed by atoms with Crippen molar-refractivity contribution in [2.24, 2.45) is 0 Å². The number of amides is 2. The molecule has 1 N–H and O–H groups in total. The van der Waals surface area contributed by atoms with Crippen LogP contribution in [0, 0.1) is 0 Å². The zero-order chi connectivity index (χ0) is 20.5. The maximum atomic E-state index is 13.2. The summed E-state index contributed by atoms with van der Waals surface area (Å²) in [5, 5.41) is 2.62. The molecule has 8 heteroatoms. The zero-order valence-electron chi connectivity index (χ0n) is 16.0. The molecule has 1 aliphatic heterocycles. The second-order valence-corrected chi connectivity index (χ2v) is 9.00. The number of fused-ring (bicyclic) bond motifs is 1. The van der Waals surface area contributed by atoms with Crippen LogP contribution < -0.4 is 5.32 Å². The number of benzene rings is 2. The third kappa shape index (κ3) is 3.65. The fraction of sp³-hybridized carbons (Fsp3) is 0.300. The summed E-state index contributed by atoms with van der Waals surface area (Å²) in [6, 6.07) is 13.0. The molecular weight excluding hydrogens is 378 g/mol. The molecule has 0 spiro atoms. The van der Waals surface area contributed by atoms with Gasteiger partial charge in [0, 0.05) is 39.7 Å². The molecule has 1 aliphatic rings. The summed E-state index contributed by atoms with van der Waals surface area (Å²) < 4.78 is 25.9. The Morgan fingerprint density at radius 3 is 2.39 bits per heavy atom. The van der Waals surface area contributed by atoms with Gasteiger partial charge in [-0.05, 0) is 29.3 Å². The molecule has 0 bridgehead atoms. The van der Waals surface area contributed by atoms with E-state index in [4.69, 9.17) is 0 Å². The van der Waals surface area contributed by atoms with Crippen LogP contribution in [0.4, 0.5) is 0 Å². The number of likely N-dealkylation sites (N-methyl/N-ethyl adjacent to an activating group) is 1. The van der Waals surface area contributed by atoms with E-state index in [2.05, 4.69) is 5.32 Å². The Balaban J connectivity index is 1.99. The molecule has 1 atom stereocenters. The fourth-order valence-corrected chi connectivity index (χ4v) is 4.25. The smallest absolute Gasteiger partial charge is 0.254 e. The molecule has 0 saturated heterocycles. The lowest BCUT2D eigenvalue weighted by atomic mass is 9.93. The Bertz CT molecular complexity index is 1020. The number of hydrogen-bond donors (Lipinski definition) is 1. The highest BCUT2D eigenvalue weighted by molar-refractivity contribution is 7.89. The maximum absolute atomic E-state index is 13.2. The first kappa shape index (κ1) is 20.0. The van der Waals surface area contributed by atoms with Crippen molar-refractivity contribution >= 4 is 21.8 Å². The normalized spacial score (nSPS) is 16.6. The third-order valence-electron chi connectivity index (χ3n) is 4.92. The molecule has 7 nitrogen and oxygen atoms in total. The highest BCUT2D eigenvalue weighted by atomic mass is 32.2. The minimum Gasteiger partial charge on any atom is -0.357 e. The van der Waals surface area contributed by atoms with E-state index in [1.165, 1.54) is 44.2 Å². The van der Waals surface area contributed by atoms with E-state index in [0.717, 1.165) is 15.4 Å². The SMILES string of the molecule is CNC(=O)[C@@H]1Cc2ccccc2CN1C(=O)c1cccc(S(=O)(=O)N(C)C)c1. The van der Waals surface area contributed by atoms with E-state index in [1.807, 2.05) is 24.3 Å². The lowest BCUT2D eigenvalue weighted by Crippen LogP contribution is -2.51. The Kier molecular flexibility index (Phi) is 5.53. The first-order valence-electron chi connectivity index (χ1n) is 8.87. The quantitative estimate of drug-likeness (QED) is 0.835. The van der Waals surface area contributed by atoms with Gasteiger partial charge in [0.05, 0.1) is 4.90 Å². The number of hydrogen-bond acceptors (Lipinski definition) is 4. The highest BCUT2D eigenvalue weighted by Gasteiger charge is 2.34. The number of carbonyl (C=O) groups is 2. The molecular formula is C20H23N3O4S. The Morgan fingerprint density at radius 1 is 1.07 bits per heavy atom. The van der Waals surface area contributed by atoms with Crippen molar-refractivity contribution in [2.75, 3.05) is 21.1 Å². The van der Waals surface area contributed by atoms with Gasteiger partial charge in [0.15, 0.2) is 0 Å². The summed E-state index contributed by atoms with van der Waals surface area (Å²) in [6.45, 7) is 0.289. The lowest BCUT2D eigenvalue weighted by molar-refractivity contribution is -0.125. The summed E-state index contributed by atoms with van der Waals surface area (Å²) >= 11 is 0. The molecule has 0 radical (unpaired) electrons. The van der Waals surface area contributed by atoms with Crippen LogP contribution in [0.5, 0.6) is 0 Å². The van der Waals surface area contributed by atoms with E-state index in [0.29, 0.717) is 6.42 Å².